The minimum absolute atomic E-state index is 0.0235. The molecule has 0 radical (unpaired) electrons. The minimum atomic E-state index is -0.940. The van der Waals surface area contributed by atoms with E-state index in [0.717, 1.165) is 5.56 Å². The average Bonchev–Trinajstić information content (AvgIpc) is 3.27. The van der Waals surface area contributed by atoms with E-state index in [4.69, 9.17) is 14.2 Å². The van der Waals surface area contributed by atoms with Crippen molar-refractivity contribution in [1.82, 2.24) is 4.90 Å². The molecule has 1 atom stereocenters. The number of fused-ring (bicyclic) bond motifs is 1. The zero-order valence-corrected chi connectivity index (χ0v) is 18.3. The summed E-state index contributed by atoms with van der Waals surface area (Å²) in [7, 11) is 0. The van der Waals surface area contributed by atoms with E-state index >= 15 is 0 Å². The monoisotopic (exact) mass is 441 g/mol. The largest absolute Gasteiger partial charge is 0.466 e. The third-order valence-corrected chi connectivity index (χ3v) is 6.19. The highest BCUT2D eigenvalue weighted by molar-refractivity contribution is 5.81. The van der Waals surface area contributed by atoms with Crippen molar-refractivity contribution in [1.29, 1.82) is 0 Å². The number of piperidine rings is 1. The SMILES string of the molecule is CCOC(=O)C1(Cc2ccccc2F)CCCN(C(=O)CCc2ccc3c(c2)OCO3)C1. The van der Waals surface area contributed by atoms with E-state index in [1.54, 1.807) is 30.0 Å². The normalized spacial score (nSPS) is 19.6. The number of ether oxygens (including phenoxy) is 3. The number of likely N-dealkylation sites (tertiary alicyclic amines) is 1. The molecule has 170 valence electrons. The van der Waals surface area contributed by atoms with Gasteiger partial charge in [0.15, 0.2) is 11.5 Å². The Balaban J connectivity index is 1.46. The summed E-state index contributed by atoms with van der Waals surface area (Å²) in [5.41, 5.74) is 0.517. The predicted octanol–water partition coefficient (Wildman–Crippen LogP) is 3.90. The van der Waals surface area contributed by atoms with E-state index in [9.17, 15) is 14.0 Å². The van der Waals surface area contributed by atoms with E-state index < -0.39 is 5.41 Å². The van der Waals surface area contributed by atoms with Gasteiger partial charge in [-0.3, -0.25) is 9.59 Å². The second-order valence-electron chi connectivity index (χ2n) is 8.38. The fourth-order valence-electron chi connectivity index (χ4n) is 4.52. The molecule has 1 unspecified atom stereocenters. The highest BCUT2D eigenvalue weighted by atomic mass is 19.1. The van der Waals surface area contributed by atoms with Gasteiger partial charge in [-0.2, -0.15) is 0 Å². The van der Waals surface area contributed by atoms with E-state index in [1.807, 2.05) is 18.2 Å². The van der Waals surface area contributed by atoms with Crippen LogP contribution in [0.15, 0.2) is 42.5 Å². The molecular formula is C25H28FNO5. The van der Waals surface area contributed by atoms with Gasteiger partial charge in [-0.1, -0.05) is 24.3 Å². The summed E-state index contributed by atoms with van der Waals surface area (Å²) < 4.78 is 30.5. The van der Waals surface area contributed by atoms with Crippen molar-refractivity contribution in [3.63, 3.8) is 0 Å². The van der Waals surface area contributed by atoms with Crippen molar-refractivity contribution in [2.75, 3.05) is 26.5 Å². The van der Waals surface area contributed by atoms with E-state index in [1.165, 1.54) is 6.07 Å². The van der Waals surface area contributed by atoms with Gasteiger partial charge in [0, 0.05) is 19.5 Å². The number of esters is 1. The van der Waals surface area contributed by atoms with Gasteiger partial charge in [0.2, 0.25) is 12.7 Å². The van der Waals surface area contributed by atoms with Crippen LogP contribution in [0.3, 0.4) is 0 Å². The molecule has 2 aliphatic rings. The van der Waals surface area contributed by atoms with Crippen LogP contribution in [-0.2, 0) is 27.2 Å². The zero-order valence-electron chi connectivity index (χ0n) is 18.3. The van der Waals surface area contributed by atoms with E-state index in [0.29, 0.717) is 49.3 Å². The van der Waals surface area contributed by atoms with Crippen LogP contribution < -0.4 is 9.47 Å². The summed E-state index contributed by atoms with van der Waals surface area (Å²) in [6, 6.07) is 12.1. The molecule has 2 aromatic rings. The van der Waals surface area contributed by atoms with Gasteiger partial charge in [0.05, 0.1) is 12.0 Å². The van der Waals surface area contributed by atoms with Crippen molar-refractivity contribution >= 4 is 11.9 Å². The fourth-order valence-corrected chi connectivity index (χ4v) is 4.52. The Kier molecular flexibility index (Phi) is 6.63. The summed E-state index contributed by atoms with van der Waals surface area (Å²) in [6.45, 7) is 3.03. The summed E-state index contributed by atoms with van der Waals surface area (Å²) in [5, 5.41) is 0. The number of nitrogens with zero attached hydrogens (tertiary/aromatic N) is 1. The number of halogens is 1. The first-order valence-electron chi connectivity index (χ1n) is 11.1. The second-order valence-corrected chi connectivity index (χ2v) is 8.38. The summed E-state index contributed by atoms with van der Waals surface area (Å²) in [6.07, 6.45) is 2.32. The van der Waals surface area contributed by atoms with Gasteiger partial charge in [0.25, 0.3) is 0 Å². The number of amides is 1. The molecule has 0 saturated carbocycles. The van der Waals surface area contributed by atoms with Gasteiger partial charge in [0.1, 0.15) is 5.82 Å². The number of carbonyl (C=O) groups is 2. The number of hydrogen-bond donors (Lipinski definition) is 0. The van der Waals surface area contributed by atoms with Crippen molar-refractivity contribution in [2.45, 2.75) is 39.0 Å². The number of hydrogen-bond acceptors (Lipinski definition) is 5. The molecule has 7 heteroatoms. The maximum atomic E-state index is 14.4. The molecule has 1 fully saturated rings. The Hall–Kier alpha value is -3.09. The average molecular weight is 441 g/mol. The van der Waals surface area contributed by atoms with Crippen molar-refractivity contribution in [2.24, 2.45) is 5.41 Å². The molecule has 0 spiro atoms. The molecule has 4 rings (SSSR count). The molecule has 0 aliphatic carbocycles. The zero-order chi connectivity index (χ0) is 22.6. The van der Waals surface area contributed by atoms with Gasteiger partial charge in [-0.05, 0) is 61.9 Å². The number of rotatable bonds is 7. The molecular weight excluding hydrogens is 413 g/mol. The Morgan fingerprint density at radius 1 is 1.16 bits per heavy atom. The molecule has 0 bridgehead atoms. The quantitative estimate of drug-likeness (QED) is 0.610. The molecule has 2 heterocycles. The first kappa shape index (κ1) is 22.1. The number of aryl methyl sites for hydroxylation is 1. The first-order chi connectivity index (χ1) is 15.5. The van der Waals surface area contributed by atoms with Crippen LogP contribution in [-0.4, -0.2) is 43.3 Å². The second kappa shape index (κ2) is 9.59. The molecule has 0 aromatic heterocycles. The van der Waals surface area contributed by atoms with E-state index in [2.05, 4.69) is 0 Å². The van der Waals surface area contributed by atoms with Crippen molar-refractivity contribution < 1.29 is 28.2 Å². The lowest BCUT2D eigenvalue weighted by atomic mass is 9.74. The van der Waals surface area contributed by atoms with Crippen LogP contribution in [0, 0.1) is 11.2 Å². The van der Waals surface area contributed by atoms with Gasteiger partial charge in [-0.15, -0.1) is 0 Å². The lowest BCUT2D eigenvalue weighted by molar-refractivity contribution is -0.160. The standard InChI is InChI=1S/C25H28FNO5/c1-2-30-24(29)25(15-19-6-3-4-7-20(19)26)12-5-13-27(16-25)23(28)11-9-18-8-10-21-22(14-18)32-17-31-21/h3-4,6-8,10,14H,2,5,9,11-13,15-17H2,1H3. The third-order valence-electron chi connectivity index (χ3n) is 6.19. The summed E-state index contributed by atoms with van der Waals surface area (Å²) in [4.78, 5) is 27.8. The Morgan fingerprint density at radius 2 is 1.97 bits per heavy atom. The first-order valence-corrected chi connectivity index (χ1v) is 11.1. The fraction of sp³-hybridized carbons (Fsp3) is 0.440. The van der Waals surface area contributed by atoms with E-state index in [-0.39, 0.29) is 44.1 Å². The molecule has 6 nitrogen and oxygen atoms in total. The summed E-state index contributed by atoms with van der Waals surface area (Å²) in [5.74, 6) is 0.672. The predicted molar refractivity (Wildman–Crippen MR) is 116 cm³/mol. The molecule has 32 heavy (non-hydrogen) atoms. The molecule has 1 amide bonds. The van der Waals surface area contributed by atoms with Gasteiger partial charge in [-0.25, -0.2) is 4.39 Å². The topological polar surface area (TPSA) is 65.1 Å². The van der Waals surface area contributed by atoms with Crippen LogP contribution >= 0.6 is 0 Å². The van der Waals surface area contributed by atoms with Crippen molar-refractivity contribution in [3.05, 3.63) is 59.4 Å². The van der Waals surface area contributed by atoms with Crippen LogP contribution in [0.4, 0.5) is 4.39 Å². The summed E-state index contributed by atoms with van der Waals surface area (Å²) >= 11 is 0. The lowest BCUT2D eigenvalue weighted by Gasteiger charge is -2.41. The van der Waals surface area contributed by atoms with Crippen LogP contribution in [0.2, 0.25) is 0 Å². The van der Waals surface area contributed by atoms with Gasteiger partial charge < -0.3 is 19.1 Å². The smallest absolute Gasteiger partial charge is 0.314 e. The Bertz CT molecular complexity index is 994. The van der Waals surface area contributed by atoms with Crippen molar-refractivity contribution in [3.8, 4) is 11.5 Å². The van der Waals surface area contributed by atoms with Crippen LogP contribution in [0.25, 0.3) is 0 Å². The maximum absolute atomic E-state index is 14.4. The Morgan fingerprint density at radius 3 is 2.78 bits per heavy atom. The maximum Gasteiger partial charge on any atom is 0.314 e. The lowest BCUT2D eigenvalue weighted by Crippen LogP contribution is -2.51. The van der Waals surface area contributed by atoms with Crippen LogP contribution in [0.5, 0.6) is 11.5 Å². The highest BCUT2D eigenvalue weighted by Gasteiger charge is 2.45. The third kappa shape index (κ3) is 4.71. The minimum Gasteiger partial charge on any atom is -0.466 e. The Labute approximate surface area is 187 Å². The molecule has 0 N–H and O–H groups in total. The molecule has 2 aromatic carbocycles. The number of benzene rings is 2. The van der Waals surface area contributed by atoms with Gasteiger partial charge >= 0.3 is 5.97 Å². The highest BCUT2D eigenvalue weighted by Crippen LogP contribution is 2.37. The number of carbonyl (C=O) groups excluding carboxylic acids is 2. The molecule has 1 saturated heterocycles. The van der Waals surface area contributed by atoms with Crippen LogP contribution in [0.1, 0.15) is 37.3 Å². The molecule has 2 aliphatic heterocycles.